The fraction of sp³-hybridized carbons (Fsp3) is 0.444. The summed E-state index contributed by atoms with van der Waals surface area (Å²) in [5.41, 5.74) is 3.03. The summed E-state index contributed by atoms with van der Waals surface area (Å²) in [5.74, 6) is 0.879. The minimum atomic E-state index is 0.107. The number of hydrogen-bond donors (Lipinski definition) is 0. The van der Waals surface area contributed by atoms with Crippen molar-refractivity contribution >= 4 is 5.91 Å². The molecule has 22 heavy (non-hydrogen) atoms. The number of carbonyl (C=O) groups is 1. The molecule has 116 valence electrons. The fourth-order valence-electron chi connectivity index (χ4n) is 3.43. The highest BCUT2D eigenvalue weighted by Gasteiger charge is 2.48. The molecule has 1 fully saturated rings. The summed E-state index contributed by atoms with van der Waals surface area (Å²) < 4.78 is 5.16. The van der Waals surface area contributed by atoms with Crippen LogP contribution >= 0.6 is 0 Å². The molecule has 4 heteroatoms. The maximum Gasteiger partial charge on any atom is 0.227 e. The molecule has 2 aromatic rings. The van der Waals surface area contributed by atoms with Crippen LogP contribution in [0.5, 0.6) is 0 Å². The van der Waals surface area contributed by atoms with E-state index in [9.17, 15) is 4.79 Å². The van der Waals surface area contributed by atoms with Crippen molar-refractivity contribution in [3.05, 3.63) is 52.9 Å². The van der Waals surface area contributed by atoms with Gasteiger partial charge in [0.05, 0.1) is 18.2 Å². The Morgan fingerprint density at radius 3 is 2.55 bits per heavy atom. The fourth-order valence-corrected chi connectivity index (χ4v) is 3.43. The van der Waals surface area contributed by atoms with Crippen molar-refractivity contribution in [1.82, 2.24) is 10.1 Å². The van der Waals surface area contributed by atoms with Gasteiger partial charge < -0.3 is 9.42 Å². The molecular weight excluding hydrogens is 276 g/mol. The Labute approximate surface area is 131 Å². The smallest absolute Gasteiger partial charge is 0.227 e. The maximum absolute atomic E-state index is 12.7. The Kier molecular flexibility index (Phi) is 3.55. The quantitative estimate of drug-likeness (QED) is 0.872. The number of likely N-dealkylation sites (tertiary alicyclic amines) is 1. The Bertz CT molecular complexity index is 669. The first kappa shape index (κ1) is 14.8. The van der Waals surface area contributed by atoms with Gasteiger partial charge in [-0.1, -0.05) is 49.3 Å². The number of amides is 1. The van der Waals surface area contributed by atoms with Gasteiger partial charge in [-0.2, -0.15) is 0 Å². The van der Waals surface area contributed by atoms with Gasteiger partial charge in [-0.25, -0.2) is 0 Å². The van der Waals surface area contributed by atoms with Crippen LogP contribution in [-0.2, 0) is 11.2 Å². The van der Waals surface area contributed by atoms with Crippen molar-refractivity contribution in [3.63, 3.8) is 0 Å². The predicted molar refractivity (Wildman–Crippen MR) is 84.4 cm³/mol. The van der Waals surface area contributed by atoms with Crippen molar-refractivity contribution in [1.29, 1.82) is 0 Å². The second-order valence-electron chi connectivity index (χ2n) is 6.80. The highest BCUT2D eigenvalue weighted by atomic mass is 16.5. The van der Waals surface area contributed by atoms with Gasteiger partial charge in [0.15, 0.2) is 0 Å². The van der Waals surface area contributed by atoms with Crippen LogP contribution in [-0.4, -0.2) is 22.5 Å². The van der Waals surface area contributed by atoms with Crippen molar-refractivity contribution in [2.75, 3.05) is 6.54 Å². The van der Waals surface area contributed by atoms with Gasteiger partial charge in [-0.05, 0) is 19.4 Å². The summed E-state index contributed by atoms with van der Waals surface area (Å²) in [6.07, 6.45) is 0.362. The van der Waals surface area contributed by atoms with Crippen LogP contribution in [0, 0.1) is 19.3 Å². The van der Waals surface area contributed by atoms with E-state index in [0.717, 1.165) is 23.6 Å². The highest BCUT2D eigenvalue weighted by Crippen LogP contribution is 2.48. The molecule has 3 rings (SSSR count). The predicted octanol–water partition coefficient (Wildman–Crippen LogP) is 3.44. The molecule has 0 radical (unpaired) electrons. The van der Waals surface area contributed by atoms with Gasteiger partial charge in [0.25, 0.3) is 0 Å². The van der Waals surface area contributed by atoms with Gasteiger partial charge >= 0.3 is 0 Å². The first-order chi connectivity index (χ1) is 10.4. The standard InChI is InChI=1S/C18H22N2O2/c1-12-15(13(2)22-19-12)10-16(21)20-11-18(3,4)17(20)14-8-6-5-7-9-14/h5-9,17H,10-11H2,1-4H3. The van der Waals surface area contributed by atoms with E-state index in [0.29, 0.717) is 6.42 Å². The third kappa shape index (κ3) is 2.43. The Hall–Kier alpha value is -2.10. The monoisotopic (exact) mass is 298 g/mol. The summed E-state index contributed by atoms with van der Waals surface area (Å²) in [5, 5.41) is 3.93. The van der Waals surface area contributed by atoms with E-state index in [-0.39, 0.29) is 17.4 Å². The zero-order chi connectivity index (χ0) is 15.9. The third-order valence-electron chi connectivity index (χ3n) is 4.57. The summed E-state index contributed by atoms with van der Waals surface area (Å²) in [7, 11) is 0. The molecule has 1 amide bonds. The van der Waals surface area contributed by atoms with Crippen LogP contribution in [0.1, 0.15) is 42.5 Å². The van der Waals surface area contributed by atoms with Crippen molar-refractivity contribution < 1.29 is 9.32 Å². The number of carbonyl (C=O) groups excluding carboxylic acids is 1. The molecule has 1 atom stereocenters. The van der Waals surface area contributed by atoms with Crippen LogP contribution in [0.25, 0.3) is 0 Å². The lowest BCUT2D eigenvalue weighted by molar-refractivity contribution is -0.151. The minimum absolute atomic E-state index is 0.107. The average molecular weight is 298 g/mol. The average Bonchev–Trinajstić information content (AvgIpc) is 2.78. The Morgan fingerprint density at radius 1 is 1.32 bits per heavy atom. The third-order valence-corrected chi connectivity index (χ3v) is 4.57. The Morgan fingerprint density at radius 2 is 2.00 bits per heavy atom. The van der Waals surface area contributed by atoms with Crippen LogP contribution in [0.15, 0.2) is 34.9 Å². The van der Waals surface area contributed by atoms with E-state index in [2.05, 4.69) is 31.1 Å². The van der Waals surface area contributed by atoms with Gasteiger partial charge in [0.1, 0.15) is 5.76 Å². The summed E-state index contributed by atoms with van der Waals surface area (Å²) in [4.78, 5) is 14.7. The number of aryl methyl sites for hydroxylation is 2. The maximum atomic E-state index is 12.7. The van der Waals surface area contributed by atoms with Gasteiger partial charge in [-0.15, -0.1) is 0 Å². The van der Waals surface area contributed by atoms with Crippen molar-refractivity contribution in [2.24, 2.45) is 5.41 Å². The van der Waals surface area contributed by atoms with E-state index in [1.54, 1.807) is 0 Å². The zero-order valence-corrected chi connectivity index (χ0v) is 13.6. The molecule has 1 aliphatic rings. The second-order valence-corrected chi connectivity index (χ2v) is 6.80. The van der Waals surface area contributed by atoms with Crippen molar-refractivity contribution in [3.8, 4) is 0 Å². The van der Waals surface area contributed by atoms with E-state index < -0.39 is 0 Å². The molecule has 0 aliphatic carbocycles. The number of benzene rings is 1. The van der Waals surface area contributed by atoms with Crippen LogP contribution in [0.4, 0.5) is 0 Å². The molecule has 0 bridgehead atoms. The van der Waals surface area contributed by atoms with Gasteiger partial charge in [-0.3, -0.25) is 4.79 Å². The minimum Gasteiger partial charge on any atom is -0.361 e. The zero-order valence-electron chi connectivity index (χ0n) is 13.6. The van der Waals surface area contributed by atoms with Crippen LogP contribution in [0.3, 0.4) is 0 Å². The number of aromatic nitrogens is 1. The molecule has 1 aliphatic heterocycles. The molecule has 1 unspecified atom stereocenters. The molecular formula is C18H22N2O2. The molecule has 0 spiro atoms. The SMILES string of the molecule is Cc1noc(C)c1CC(=O)N1CC(C)(C)C1c1ccccc1. The normalized spacial score (nSPS) is 19.8. The van der Waals surface area contributed by atoms with Crippen LogP contribution in [0.2, 0.25) is 0 Å². The largest absolute Gasteiger partial charge is 0.361 e. The molecule has 2 heterocycles. The molecule has 1 saturated heterocycles. The molecule has 1 aromatic heterocycles. The lowest BCUT2D eigenvalue weighted by Gasteiger charge is -2.54. The van der Waals surface area contributed by atoms with E-state index in [1.165, 1.54) is 5.56 Å². The number of rotatable bonds is 3. The van der Waals surface area contributed by atoms with Gasteiger partial charge in [0, 0.05) is 17.5 Å². The number of nitrogens with zero attached hydrogens (tertiary/aromatic N) is 2. The highest BCUT2D eigenvalue weighted by molar-refractivity contribution is 5.81. The summed E-state index contributed by atoms with van der Waals surface area (Å²) >= 11 is 0. The molecule has 1 aromatic carbocycles. The van der Waals surface area contributed by atoms with E-state index >= 15 is 0 Å². The van der Waals surface area contributed by atoms with Crippen molar-refractivity contribution in [2.45, 2.75) is 40.2 Å². The van der Waals surface area contributed by atoms with E-state index in [4.69, 9.17) is 4.52 Å². The lowest BCUT2D eigenvalue weighted by atomic mass is 9.71. The molecule has 4 nitrogen and oxygen atoms in total. The number of hydrogen-bond acceptors (Lipinski definition) is 3. The topological polar surface area (TPSA) is 46.3 Å². The van der Waals surface area contributed by atoms with E-state index in [1.807, 2.05) is 36.9 Å². The Balaban J connectivity index is 1.81. The summed E-state index contributed by atoms with van der Waals surface area (Å²) in [6.45, 7) is 8.95. The molecule has 0 N–H and O–H groups in total. The first-order valence-electron chi connectivity index (χ1n) is 7.66. The second kappa shape index (κ2) is 5.27. The first-order valence-corrected chi connectivity index (χ1v) is 7.66. The summed E-state index contributed by atoms with van der Waals surface area (Å²) in [6, 6.07) is 10.4. The lowest BCUT2D eigenvalue weighted by Crippen LogP contribution is -2.58. The molecule has 0 saturated carbocycles. The van der Waals surface area contributed by atoms with Gasteiger partial charge in [0.2, 0.25) is 5.91 Å². The van der Waals surface area contributed by atoms with Crippen LogP contribution < -0.4 is 0 Å².